The maximum Gasteiger partial charge on any atom is 0.164 e. The summed E-state index contributed by atoms with van der Waals surface area (Å²) < 4.78 is 1.67. The molecule has 1 atom stereocenters. The van der Waals surface area contributed by atoms with Crippen LogP contribution in [-0.2, 0) is 12.8 Å². The molecular formula is C17H19N5OS. The van der Waals surface area contributed by atoms with Gasteiger partial charge in [0, 0.05) is 16.6 Å². The van der Waals surface area contributed by atoms with Gasteiger partial charge in [-0.25, -0.2) is 4.52 Å². The standard InChI is InChI=1S/C17H19N5OS/c23-15-11(6-8-22-12(15)5-7-20-22)21-16-14-10-3-1-2-4-13(10)24-17(14)19-9-18-16/h5-8,16,18-19,21,23H,1-4,9H2. The number of aromatic nitrogens is 2. The Bertz CT molecular complexity index is 915. The van der Waals surface area contributed by atoms with Crippen molar-refractivity contribution < 1.29 is 5.11 Å². The largest absolute Gasteiger partial charge is 0.504 e. The van der Waals surface area contributed by atoms with Gasteiger partial charge in [0.25, 0.3) is 0 Å². The van der Waals surface area contributed by atoms with E-state index in [1.807, 2.05) is 29.7 Å². The highest BCUT2D eigenvalue weighted by atomic mass is 32.1. The third-order valence-electron chi connectivity index (χ3n) is 4.91. The Labute approximate surface area is 143 Å². The molecule has 0 fully saturated rings. The number of aryl methyl sites for hydroxylation is 1. The maximum absolute atomic E-state index is 10.5. The lowest BCUT2D eigenvalue weighted by Crippen LogP contribution is -2.37. The molecule has 3 aromatic heterocycles. The van der Waals surface area contributed by atoms with Gasteiger partial charge in [0.1, 0.15) is 11.7 Å². The quantitative estimate of drug-likeness (QED) is 0.576. The second-order valence-corrected chi connectivity index (χ2v) is 7.43. The normalized spacial score (nSPS) is 19.6. The van der Waals surface area contributed by atoms with Gasteiger partial charge >= 0.3 is 0 Å². The van der Waals surface area contributed by atoms with Gasteiger partial charge in [0.2, 0.25) is 0 Å². The summed E-state index contributed by atoms with van der Waals surface area (Å²) in [6, 6.07) is 3.69. The van der Waals surface area contributed by atoms with Crippen molar-refractivity contribution in [2.75, 3.05) is 17.3 Å². The third kappa shape index (κ3) is 2.08. The molecule has 7 heteroatoms. The monoisotopic (exact) mass is 341 g/mol. The predicted octanol–water partition coefficient (Wildman–Crippen LogP) is 3.06. The molecule has 0 bridgehead atoms. The van der Waals surface area contributed by atoms with Crippen molar-refractivity contribution in [1.82, 2.24) is 14.9 Å². The number of nitrogens with zero attached hydrogens (tertiary/aromatic N) is 2. The lowest BCUT2D eigenvalue weighted by Gasteiger charge is -2.29. The SMILES string of the molecule is Oc1c(NC2NCNc3sc4c(c32)CCCC4)ccn2nccc12. The van der Waals surface area contributed by atoms with E-state index in [0.717, 1.165) is 18.8 Å². The molecule has 1 aliphatic carbocycles. The van der Waals surface area contributed by atoms with E-state index in [2.05, 4.69) is 21.0 Å². The molecule has 2 aliphatic rings. The second-order valence-electron chi connectivity index (χ2n) is 6.33. The average Bonchev–Trinajstić information content (AvgIpc) is 3.22. The Hall–Kier alpha value is -2.25. The topological polar surface area (TPSA) is 73.6 Å². The molecule has 5 rings (SSSR count). The fraction of sp³-hybridized carbons (Fsp3) is 0.353. The van der Waals surface area contributed by atoms with Crippen LogP contribution in [0.2, 0.25) is 0 Å². The van der Waals surface area contributed by atoms with Gasteiger partial charge in [-0.2, -0.15) is 5.10 Å². The maximum atomic E-state index is 10.5. The summed E-state index contributed by atoms with van der Waals surface area (Å²) in [4.78, 5) is 1.52. The summed E-state index contributed by atoms with van der Waals surface area (Å²) in [5.74, 6) is 0.237. The number of anilines is 2. The Morgan fingerprint density at radius 1 is 1.29 bits per heavy atom. The fourth-order valence-electron chi connectivity index (χ4n) is 3.74. The number of fused-ring (bicyclic) bond motifs is 4. The van der Waals surface area contributed by atoms with Crippen molar-refractivity contribution >= 4 is 27.5 Å². The van der Waals surface area contributed by atoms with Crippen LogP contribution in [0.15, 0.2) is 24.5 Å². The Balaban J connectivity index is 1.54. The molecule has 4 N–H and O–H groups in total. The molecule has 0 saturated carbocycles. The van der Waals surface area contributed by atoms with E-state index < -0.39 is 0 Å². The number of rotatable bonds is 2. The molecule has 124 valence electrons. The molecule has 0 amide bonds. The molecule has 0 spiro atoms. The van der Waals surface area contributed by atoms with Crippen LogP contribution in [0.3, 0.4) is 0 Å². The number of pyridine rings is 1. The molecule has 24 heavy (non-hydrogen) atoms. The van der Waals surface area contributed by atoms with Crippen LogP contribution in [0.1, 0.15) is 35.0 Å². The minimum Gasteiger partial charge on any atom is -0.504 e. The van der Waals surface area contributed by atoms with Crippen molar-refractivity contribution in [2.45, 2.75) is 31.8 Å². The third-order valence-corrected chi connectivity index (χ3v) is 6.17. The molecule has 4 heterocycles. The van der Waals surface area contributed by atoms with Crippen LogP contribution < -0.4 is 16.0 Å². The first-order valence-electron chi connectivity index (χ1n) is 8.35. The number of thiophene rings is 1. The van der Waals surface area contributed by atoms with Crippen molar-refractivity contribution in [2.24, 2.45) is 0 Å². The van der Waals surface area contributed by atoms with Crippen LogP contribution >= 0.6 is 11.3 Å². The molecular weight excluding hydrogens is 322 g/mol. The Morgan fingerprint density at radius 2 is 2.21 bits per heavy atom. The molecule has 1 aliphatic heterocycles. The number of hydrogen-bond acceptors (Lipinski definition) is 6. The highest BCUT2D eigenvalue weighted by Crippen LogP contribution is 2.43. The first-order valence-corrected chi connectivity index (χ1v) is 9.16. The van der Waals surface area contributed by atoms with Crippen LogP contribution in [0.25, 0.3) is 5.52 Å². The van der Waals surface area contributed by atoms with Gasteiger partial charge < -0.3 is 15.7 Å². The van der Waals surface area contributed by atoms with Crippen molar-refractivity contribution in [1.29, 1.82) is 0 Å². The minimum absolute atomic E-state index is 0.00983. The van der Waals surface area contributed by atoms with E-state index in [9.17, 15) is 5.11 Å². The van der Waals surface area contributed by atoms with E-state index in [1.165, 1.54) is 40.3 Å². The van der Waals surface area contributed by atoms with Crippen molar-refractivity contribution in [3.8, 4) is 5.75 Å². The van der Waals surface area contributed by atoms with E-state index in [1.54, 1.807) is 10.7 Å². The molecule has 0 radical (unpaired) electrons. The molecule has 0 aromatic carbocycles. The summed E-state index contributed by atoms with van der Waals surface area (Å²) >= 11 is 1.89. The summed E-state index contributed by atoms with van der Waals surface area (Å²) in [5, 5.41) is 26.4. The zero-order valence-electron chi connectivity index (χ0n) is 13.2. The number of nitrogens with one attached hydrogen (secondary N) is 3. The summed E-state index contributed by atoms with van der Waals surface area (Å²) in [6.07, 6.45) is 8.45. The molecule has 0 saturated heterocycles. The van der Waals surface area contributed by atoms with Gasteiger partial charge in [0.05, 0.1) is 23.6 Å². The first kappa shape index (κ1) is 14.1. The smallest absolute Gasteiger partial charge is 0.164 e. The van der Waals surface area contributed by atoms with Crippen LogP contribution in [0, 0.1) is 0 Å². The first-order chi connectivity index (χ1) is 11.8. The average molecular weight is 341 g/mol. The lowest BCUT2D eigenvalue weighted by atomic mass is 9.94. The summed E-state index contributed by atoms with van der Waals surface area (Å²) in [7, 11) is 0. The number of hydrogen-bond donors (Lipinski definition) is 4. The molecule has 1 unspecified atom stereocenters. The van der Waals surface area contributed by atoms with E-state index >= 15 is 0 Å². The van der Waals surface area contributed by atoms with Gasteiger partial charge in [-0.05, 0) is 43.4 Å². The predicted molar refractivity (Wildman–Crippen MR) is 95.8 cm³/mol. The zero-order chi connectivity index (χ0) is 16.1. The highest BCUT2D eigenvalue weighted by molar-refractivity contribution is 7.16. The Kier molecular flexibility index (Phi) is 3.17. The van der Waals surface area contributed by atoms with E-state index in [4.69, 9.17) is 0 Å². The highest BCUT2D eigenvalue weighted by Gasteiger charge is 2.29. The van der Waals surface area contributed by atoms with Crippen LogP contribution in [0.5, 0.6) is 5.75 Å². The van der Waals surface area contributed by atoms with Gasteiger partial charge in [0.15, 0.2) is 5.75 Å². The van der Waals surface area contributed by atoms with Crippen molar-refractivity contribution in [3.63, 3.8) is 0 Å². The minimum atomic E-state index is 0.00983. The molecule has 6 nitrogen and oxygen atoms in total. The number of aromatic hydroxyl groups is 1. The van der Waals surface area contributed by atoms with E-state index in [-0.39, 0.29) is 11.9 Å². The molecule has 3 aromatic rings. The van der Waals surface area contributed by atoms with Crippen LogP contribution in [0.4, 0.5) is 10.7 Å². The van der Waals surface area contributed by atoms with Crippen molar-refractivity contribution in [3.05, 3.63) is 40.5 Å². The Morgan fingerprint density at radius 3 is 3.17 bits per heavy atom. The fourth-order valence-corrected chi connectivity index (χ4v) is 5.06. The van der Waals surface area contributed by atoms with E-state index in [0.29, 0.717) is 5.52 Å². The zero-order valence-corrected chi connectivity index (χ0v) is 14.0. The second kappa shape index (κ2) is 5.39. The lowest BCUT2D eigenvalue weighted by molar-refractivity contribution is 0.477. The summed E-state index contributed by atoms with van der Waals surface area (Å²) in [5.41, 5.74) is 4.25. The van der Waals surface area contributed by atoms with Crippen LogP contribution in [-0.4, -0.2) is 21.4 Å². The van der Waals surface area contributed by atoms with Gasteiger partial charge in [-0.15, -0.1) is 11.3 Å². The van der Waals surface area contributed by atoms with Gasteiger partial charge in [-0.1, -0.05) is 0 Å². The summed E-state index contributed by atoms with van der Waals surface area (Å²) in [6.45, 7) is 0.722. The van der Waals surface area contributed by atoms with Gasteiger partial charge in [-0.3, -0.25) is 5.32 Å².